The van der Waals surface area contributed by atoms with Gasteiger partial charge in [-0.2, -0.15) is 0 Å². The maximum atomic E-state index is 11.5. The summed E-state index contributed by atoms with van der Waals surface area (Å²) in [7, 11) is 0. The van der Waals surface area contributed by atoms with Crippen LogP contribution in [0.2, 0.25) is 0 Å². The van der Waals surface area contributed by atoms with Gasteiger partial charge in [0.05, 0.1) is 6.61 Å². The summed E-state index contributed by atoms with van der Waals surface area (Å²) in [5, 5.41) is 2.93. The molecule has 0 atom stereocenters. The van der Waals surface area contributed by atoms with Gasteiger partial charge < -0.3 is 10.1 Å². The van der Waals surface area contributed by atoms with E-state index in [-0.39, 0.29) is 5.91 Å². The Kier molecular flexibility index (Phi) is 5.69. The molecule has 18 heavy (non-hydrogen) atoms. The first-order valence-electron chi connectivity index (χ1n) is 6.52. The molecule has 0 aliphatic rings. The Labute approximate surface area is 110 Å². The van der Waals surface area contributed by atoms with Gasteiger partial charge in [-0.05, 0) is 37.0 Å². The summed E-state index contributed by atoms with van der Waals surface area (Å²) in [4.78, 5) is 11.5. The molecular weight excluding hydrogens is 226 g/mol. The number of amides is 1. The number of carbonyl (C=O) groups excluding carboxylic acids is 1. The number of aryl methyl sites for hydroxylation is 1. The largest absolute Gasteiger partial charge is 0.494 e. The minimum absolute atomic E-state index is 0.108. The third kappa shape index (κ3) is 4.78. The molecule has 1 N–H and O–H groups in total. The summed E-state index contributed by atoms with van der Waals surface area (Å²) in [6.07, 6.45) is 0.579. The molecule has 3 nitrogen and oxygen atoms in total. The van der Waals surface area contributed by atoms with E-state index in [0.717, 1.165) is 16.9 Å². The molecule has 0 aliphatic heterocycles. The lowest BCUT2D eigenvalue weighted by Crippen LogP contribution is -2.23. The number of carbonyl (C=O) groups is 1. The number of ether oxygens (including phenoxy) is 1. The van der Waals surface area contributed by atoms with Gasteiger partial charge in [0.15, 0.2) is 0 Å². The van der Waals surface area contributed by atoms with E-state index in [0.29, 0.717) is 25.5 Å². The fraction of sp³-hybridized carbons (Fsp3) is 0.533. The highest BCUT2D eigenvalue weighted by atomic mass is 16.5. The number of nitrogens with one attached hydrogen (secondary N) is 1. The van der Waals surface area contributed by atoms with Gasteiger partial charge in [-0.1, -0.05) is 26.0 Å². The van der Waals surface area contributed by atoms with Crippen LogP contribution in [0.25, 0.3) is 0 Å². The second-order valence-electron chi connectivity index (χ2n) is 4.91. The number of hydrogen-bond acceptors (Lipinski definition) is 2. The number of rotatable bonds is 6. The molecule has 0 spiro atoms. The molecule has 0 aromatic heterocycles. The molecule has 1 aromatic carbocycles. The standard InChI is InChI=1S/C15H23NO2/c1-5-18-14-7-6-13(9-12(14)4)10-16-15(17)8-11(2)3/h6-7,9,11H,5,8,10H2,1-4H3,(H,16,17). The maximum Gasteiger partial charge on any atom is 0.220 e. The fourth-order valence-corrected chi connectivity index (χ4v) is 1.78. The van der Waals surface area contributed by atoms with Crippen molar-refractivity contribution < 1.29 is 9.53 Å². The SMILES string of the molecule is CCOc1ccc(CNC(=O)CC(C)C)cc1C. The van der Waals surface area contributed by atoms with Crippen LogP contribution in [0.3, 0.4) is 0 Å². The zero-order valence-electron chi connectivity index (χ0n) is 11.7. The monoisotopic (exact) mass is 249 g/mol. The van der Waals surface area contributed by atoms with Crippen molar-refractivity contribution in [2.75, 3.05) is 6.61 Å². The fourth-order valence-electron chi connectivity index (χ4n) is 1.78. The third-order valence-corrected chi connectivity index (χ3v) is 2.62. The van der Waals surface area contributed by atoms with Crippen LogP contribution in [-0.4, -0.2) is 12.5 Å². The Morgan fingerprint density at radius 2 is 2.11 bits per heavy atom. The van der Waals surface area contributed by atoms with Crippen LogP contribution in [0.4, 0.5) is 0 Å². The molecule has 0 heterocycles. The van der Waals surface area contributed by atoms with Crippen LogP contribution in [0.15, 0.2) is 18.2 Å². The zero-order valence-corrected chi connectivity index (χ0v) is 11.7. The van der Waals surface area contributed by atoms with Crippen LogP contribution in [0.1, 0.15) is 38.3 Å². The Bertz CT molecular complexity index is 399. The van der Waals surface area contributed by atoms with Gasteiger partial charge >= 0.3 is 0 Å². The van der Waals surface area contributed by atoms with Crippen LogP contribution in [0.5, 0.6) is 5.75 Å². The summed E-state index contributed by atoms with van der Waals surface area (Å²) in [5.74, 6) is 1.42. The van der Waals surface area contributed by atoms with Crippen molar-refractivity contribution in [3.63, 3.8) is 0 Å². The lowest BCUT2D eigenvalue weighted by molar-refractivity contribution is -0.121. The van der Waals surface area contributed by atoms with Crippen molar-refractivity contribution in [3.8, 4) is 5.75 Å². The number of hydrogen-bond donors (Lipinski definition) is 1. The molecule has 0 radical (unpaired) electrons. The quantitative estimate of drug-likeness (QED) is 0.841. The molecule has 1 aromatic rings. The Morgan fingerprint density at radius 1 is 1.39 bits per heavy atom. The van der Waals surface area contributed by atoms with Crippen molar-refractivity contribution in [3.05, 3.63) is 29.3 Å². The van der Waals surface area contributed by atoms with E-state index < -0.39 is 0 Å². The average Bonchev–Trinajstić information content (AvgIpc) is 2.29. The molecule has 1 rings (SSSR count). The molecule has 100 valence electrons. The predicted octanol–water partition coefficient (Wildman–Crippen LogP) is 3.06. The second-order valence-corrected chi connectivity index (χ2v) is 4.91. The van der Waals surface area contributed by atoms with Gasteiger partial charge in [0.1, 0.15) is 5.75 Å². The topological polar surface area (TPSA) is 38.3 Å². The van der Waals surface area contributed by atoms with Gasteiger partial charge in [0, 0.05) is 13.0 Å². The van der Waals surface area contributed by atoms with E-state index in [1.807, 2.05) is 39.8 Å². The van der Waals surface area contributed by atoms with E-state index in [9.17, 15) is 4.79 Å². The van der Waals surface area contributed by atoms with Crippen LogP contribution in [-0.2, 0) is 11.3 Å². The summed E-state index contributed by atoms with van der Waals surface area (Å²) in [5.41, 5.74) is 2.21. The summed E-state index contributed by atoms with van der Waals surface area (Å²) >= 11 is 0. The van der Waals surface area contributed by atoms with Gasteiger partial charge in [0.2, 0.25) is 5.91 Å². The minimum Gasteiger partial charge on any atom is -0.494 e. The molecule has 0 fully saturated rings. The lowest BCUT2D eigenvalue weighted by Gasteiger charge is -2.10. The minimum atomic E-state index is 0.108. The van der Waals surface area contributed by atoms with Crippen molar-refractivity contribution in [1.82, 2.24) is 5.32 Å². The van der Waals surface area contributed by atoms with E-state index >= 15 is 0 Å². The van der Waals surface area contributed by atoms with Gasteiger partial charge in [-0.15, -0.1) is 0 Å². The van der Waals surface area contributed by atoms with Gasteiger partial charge in [0.25, 0.3) is 0 Å². The molecule has 0 saturated carbocycles. The number of benzene rings is 1. The first kappa shape index (κ1) is 14.6. The predicted molar refractivity (Wildman–Crippen MR) is 73.6 cm³/mol. The summed E-state index contributed by atoms with van der Waals surface area (Å²) in [6.45, 7) is 9.33. The molecule has 0 unspecified atom stereocenters. The highest BCUT2D eigenvalue weighted by molar-refractivity contribution is 5.76. The van der Waals surface area contributed by atoms with Gasteiger partial charge in [-0.3, -0.25) is 4.79 Å². The van der Waals surface area contributed by atoms with Crippen LogP contribution >= 0.6 is 0 Å². The van der Waals surface area contributed by atoms with Crippen LogP contribution in [0, 0.1) is 12.8 Å². The van der Waals surface area contributed by atoms with Crippen LogP contribution < -0.4 is 10.1 Å². The van der Waals surface area contributed by atoms with E-state index in [1.54, 1.807) is 0 Å². The lowest BCUT2D eigenvalue weighted by atomic mass is 10.1. The molecule has 0 saturated heterocycles. The van der Waals surface area contributed by atoms with E-state index in [2.05, 4.69) is 11.4 Å². The summed E-state index contributed by atoms with van der Waals surface area (Å²) in [6, 6.07) is 6.01. The summed E-state index contributed by atoms with van der Waals surface area (Å²) < 4.78 is 5.48. The van der Waals surface area contributed by atoms with Crippen molar-refractivity contribution in [2.45, 2.75) is 40.7 Å². The first-order valence-corrected chi connectivity index (χ1v) is 6.52. The maximum absolute atomic E-state index is 11.5. The van der Waals surface area contributed by atoms with E-state index in [4.69, 9.17) is 4.74 Å². The Morgan fingerprint density at radius 3 is 2.67 bits per heavy atom. The molecule has 0 bridgehead atoms. The first-order chi connectivity index (χ1) is 8.52. The highest BCUT2D eigenvalue weighted by Crippen LogP contribution is 2.19. The molecule has 1 amide bonds. The average molecular weight is 249 g/mol. The van der Waals surface area contributed by atoms with Gasteiger partial charge in [-0.25, -0.2) is 0 Å². The van der Waals surface area contributed by atoms with Crippen molar-refractivity contribution in [2.24, 2.45) is 5.92 Å². The van der Waals surface area contributed by atoms with Crippen molar-refractivity contribution in [1.29, 1.82) is 0 Å². The normalized spacial score (nSPS) is 10.5. The molecule has 3 heteroatoms. The van der Waals surface area contributed by atoms with E-state index in [1.165, 1.54) is 0 Å². The molecule has 0 aliphatic carbocycles. The smallest absolute Gasteiger partial charge is 0.220 e. The molecular formula is C15H23NO2. The van der Waals surface area contributed by atoms with Crippen molar-refractivity contribution >= 4 is 5.91 Å². The second kappa shape index (κ2) is 7.04. The third-order valence-electron chi connectivity index (χ3n) is 2.62. The highest BCUT2D eigenvalue weighted by Gasteiger charge is 2.05. The Hall–Kier alpha value is -1.51. The Balaban J connectivity index is 2.53. The zero-order chi connectivity index (χ0) is 13.5.